The van der Waals surface area contributed by atoms with Crippen LogP contribution < -0.4 is 4.74 Å². The van der Waals surface area contributed by atoms with Crippen molar-refractivity contribution in [2.24, 2.45) is 0 Å². The second-order valence-electron chi connectivity index (χ2n) is 5.20. The van der Waals surface area contributed by atoms with Crippen LogP contribution in [-0.4, -0.2) is 5.97 Å². The van der Waals surface area contributed by atoms with E-state index in [0.29, 0.717) is 17.2 Å². The SMILES string of the molecule is Cc1ccc(C(=O)Oc2ccc(C(C)C)cc2Br)cc1Br. The molecule has 0 radical (unpaired) electrons. The van der Waals surface area contributed by atoms with Gasteiger partial charge >= 0.3 is 5.97 Å². The first kappa shape index (κ1) is 16.2. The van der Waals surface area contributed by atoms with Crippen LogP contribution in [0.25, 0.3) is 0 Å². The minimum Gasteiger partial charge on any atom is -0.422 e. The molecule has 0 aliphatic rings. The lowest BCUT2D eigenvalue weighted by molar-refractivity contribution is 0.0733. The summed E-state index contributed by atoms with van der Waals surface area (Å²) in [5.74, 6) is 0.592. The Bertz CT molecular complexity index is 678. The minimum atomic E-state index is -0.367. The van der Waals surface area contributed by atoms with Crippen LogP contribution in [0, 0.1) is 6.92 Å². The van der Waals surface area contributed by atoms with Crippen LogP contribution in [0.3, 0.4) is 0 Å². The number of hydrogen-bond donors (Lipinski definition) is 0. The minimum absolute atomic E-state index is 0.367. The van der Waals surface area contributed by atoms with E-state index >= 15 is 0 Å². The van der Waals surface area contributed by atoms with E-state index in [1.165, 1.54) is 5.56 Å². The molecule has 0 amide bonds. The van der Waals surface area contributed by atoms with Gasteiger partial charge in [-0.2, -0.15) is 0 Å². The maximum Gasteiger partial charge on any atom is 0.343 e. The van der Waals surface area contributed by atoms with Gasteiger partial charge < -0.3 is 4.74 Å². The number of esters is 1. The molecule has 0 aromatic heterocycles. The molecule has 0 saturated heterocycles. The van der Waals surface area contributed by atoms with E-state index in [9.17, 15) is 4.79 Å². The van der Waals surface area contributed by atoms with E-state index in [0.717, 1.165) is 14.5 Å². The molecule has 0 heterocycles. The Morgan fingerprint density at radius 3 is 2.33 bits per heavy atom. The molecule has 0 N–H and O–H groups in total. The highest BCUT2D eigenvalue weighted by Gasteiger charge is 2.13. The maximum absolute atomic E-state index is 12.2. The molecule has 2 rings (SSSR count). The number of halogens is 2. The van der Waals surface area contributed by atoms with E-state index in [-0.39, 0.29) is 5.97 Å². The number of benzene rings is 2. The molecule has 2 nitrogen and oxygen atoms in total. The Morgan fingerprint density at radius 2 is 1.76 bits per heavy atom. The van der Waals surface area contributed by atoms with E-state index in [2.05, 4.69) is 45.7 Å². The number of hydrogen-bond acceptors (Lipinski definition) is 2. The van der Waals surface area contributed by atoms with Crippen LogP contribution in [0.5, 0.6) is 5.75 Å². The Kier molecular flexibility index (Phi) is 5.22. The summed E-state index contributed by atoms with van der Waals surface area (Å²) in [4.78, 5) is 12.2. The monoisotopic (exact) mass is 410 g/mol. The first-order valence-corrected chi connectivity index (χ1v) is 8.25. The van der Waals surface area contributed by atoms with Crippen molar-refractivity contribution < 1.29 is 9.53 Å². The highest BCUT2D eigenvalue weighted by Crippen LogP contribution is 2.29. The lowest BCUT2D eigenvalue weighted by Crippen LogP contribution is -2.09. The van der Waals surface area contributed by atoms with Crippen LogP contribution >= 0.6 is 31.9 Å². The Labute approximate surface area is 141 Å². The number of ether oxygens (including phenoxy) is 1. The van der Waals surface area contributed by atoms with Gasteiger partial charge in [-0.1, -0.05) is 41.9 Å². The van der Waals surface area contributed by atoms with E-state index in [1.807, 2.05) is 31.2 Å². The molecular weight excluding hydrogens is 396 g/mol. The van der Waals surface area contributed by atoms with E-state index in [4.69, 9.17) is 4.74 Å². The molecule has 21 heavy (non-hydrogen) atoms. The van der Waals surface area contributed by atoms with Crippen molar-refractivity contribution in [1.29, 1.82) is 0 Å². The molecule has 0 atom stereocenters. The molecule has 2 aromatic carbocycles. The molecular formula is C17H16Br2O2. The summed E-state index contributed by atoms with van der Waals surface area (Å²) >= 11 is 6.88. The summed E-state index contributed by atoms with van der Waals surface area (Å²) in [6.45, 7) is 6.22. The summed E-state index contributed by atoms with van der Waals surface area (Å²) in [5, 5.41) is 0. The van der Waals surface area contributed by atoms with Crippen LogP contribution in [0.15, 0.2) is 45.3 Å². The lowest BCUT2D eigenvalue weighted by Gasteiger charge is -2.10. The van der Waals surface area contributed by atoms with E-state index < -0.39 is 0 Å². The van der Waals surface area contributed by atoms with Gasteiger partial charge in [-0.15, -0.1) is 0 Å². The molecule has 0 aliphatic heterocycles. The predicted octanol–water partition coefficient (Wildman–Crippen LogP) is 5.86. The summed E-state index contributed by atoms with van der Waals surface area (Å²) in [5.41, 5.74) is 2.79. The van der Waals surface area contributed by atoms with Crippen LogP contribution in [0.2, 0.25) is 0 Å². The summed E-state index contributed by atoms with van der Waals surface area (Å²) < 4.78 is 7.13. The highest BCUT2D eigenvalue weighted by atomic mass is 79.9. The van der Waals surface area contributed by atoms with Crippen LogP contribution in [0.4, 0.5) is 0 Å². The molecule has 110 valence electrons. The maximum atomic E-state index is 12.2. The summed E-state index contributed by atoms with van der Waals surface area (Å²) in [7, 11) is 0. The fourth-order valence-electron chi connectivity index (χ4n) is 1.84. The number of aryl methyl sites for hydroxylation is 1. The average Bonchev–Trinajstić information content (AvgIpc) is 2.43. The van der Waals surface area contributed by atoms with Gasteiger partial charge in [0.15, 0.2) is 0 Å². The van der Waals surface area contributed by atoms with Crippen molar-refractivity contribution in [2.75, 3.05) is 0 Å². The van der Waals surface area contributed by atoms with Crippen LogP contribution in [0.1, 0.15) is 41.3 Å². The third kappa shape index (κ3) is 3.95. The van der Waals surface area contributed by atoms with Gasteiger partial charge in [-0.25, -0.2) is 4.79 Å². The van der Waals surface area contributed by atoms with E-state index in [1.54, 1.807) is 12.1 Å². The first-order chi connectivity index (χ1) is 9.88. The Morgan fingerprint density at radius 1 is 1.05 bits per heavy atom. The largest absolute Gasteiger partial charge is 0.422 e. The van der Waals surface area contributed by atoms with Crippen molar-refractivity contribution in [3.8, 4) is 5.75 Å². The third-order valence-electron chi connectivity index (χ3n) is 3.23. The Hall–Kier alpha value is -1.13. The molecule has 0 aliphatic carbocycles. The van der Waals surface area contributed by atoms with Crippen LogP contribution in [-0.2, 0) is 0 Å². The van der Waals surface area contributed by atoms with Crippen molar-refractivity contribution in [1.82, 2.24) is 0 Å². The van der Waals surface area contributed by atoms with Gasteiger partial charge in [-0.05, 0) is 64.2 Å². The number of carbonyl (C=O) groups is 1. The summed E-state index contributed by atoms with van der Waals surface area (Å²) in [6.07, 6.45) is 0. The first-order valence-electron chi connectivity index (χ1n) is 6.66. The average molecular weight is 412 g/mol. The molecule has 4 heteroatoms. The Balaban J connectivity index is 2.21. The van der Waals surface area contributed by atoms with Crippen molar-refractivity contribution in [3.05, 3.63) is 62.0 Å². The zero-order valence-electron chi connectivity index (χ0n) is 12.1. The van der Waals surface area contributed by atoms with Gasteiger partial charge in [0.1, 0.15) is 5.75 Å². The topological polar surface area (TPSA) is 26.3 Å². The van der Waals surface area contributed by atoms with Crippen molar-refractivity contribution in [3.63, 3.8) is 0 Å². The third-order valence-corrected chi connectivity index (χ3v) is 4.71. The van der Waals surface area contributed by atoms with Gasteiger partial charge in [0.25, 0.3) is 0 Å². The van der Waals surface area contributed by atoms with Gasteiger partial charge in [0, 0.05) is 4.47 Å². The smallest absolute Gasteiger partial charge is 0.343 e. The fraction of sp³-hybridized carbons (Fsp3) is 0.235. The van der Waals surface area contributed by atoms with Crippen molar-refractivity contribution >= 4 is 37.8 Å². The highest BCUT2D eigenvalue weighted by molar-refractivity contribution is 9.10. The summed E-state index contributed by atoms with van der Waals surface area (Å²) in [6, 6.07) is 11.2. The van der Waals surface area contributed by atoms with Gasteiger partial charge in [0.2, 0.25) is 0 Å². The second-order valence-corrected chi connectivity index (χ2v) is 6.91. The predicted molar refractivity (Wildman–Crippen MR) is 92.1 cm³/mol. The quantitative estimate of drug-likeness (QED) is 0.466. The van der Waals surface area contributed by atoms with Gasteiger partial charge in [-0.3, -0.25) is 0 Å². The zero-order chi connectivity index (χ0) is 15.6. The molecule has 2 aromatic rings. The molecule has 0 fully saturated rings. The molecule has 0 bridgehead atoms. The molecule has 0 spiro atoms. The lowest BCUT2D eigenvalue weighted by atomic mass is 10.0. The molecule has 0 unspecified atom stereocenters. The zero-order valence-corrected chi connectivity index (χ0v) is 15.3. The van der Waals surface area contributed by atoms with Crippen molar-refractivity contribution in [2.45, 2.75) is 26.7 Å². The van der Waals surface area contributed by atoms with Gasteiger partial charge in [0.05, 0.1) is 10.0 Å². The molecule has 0 saturated carbocycles. The number of carbonyl (C=O) groups excluding carboxylic acids is 1. The second kappa shape index (κ2) is 6.75. The standard InChI is InChI=1S/C17H16Br2O2/c1-10(2)12-6-7-16(15(19)8-12)21-17(20)13-5-4-11(3)14(18)9-13/h4-10H,1-3H3. The fourth-order valence-corrected chi connectivity index (χ4v) is 2.69. The normalized spacial score (nSPS) is 10.8. The number of rotatable bonds is 3.